The number of benzene rings is 2. The van der Waals surface area contributed by atoms with Gasteiger partial charge < -0.3 is 15.6 Å². The fourth-order valence-corrected chi connectivity index (χ4v) is 4.38. The van der Waals surface area contributed by atoms with Crippen molar-refractivity contribution in [3.63, 3.8) is 0 Å². The van der Waals surface area contributed by atoms with Crippen LogP contribution < -0.4 is 5.73 Å². The van der Waals surface area contributed by atoms with Crippen LogP contribution in [-0.4, -0.2) is 36.9 Å². The number of anilines is 1. The van der Waals surface area contributed by atoms with Crippen molar-refractivity contribution in [1.82, 2.24) is 24.8 Å². The summed E-state index contributed by atoms with van der Waals surface area (Å²) < 4.78 is 79.8. The topological polar surface area (TPSA) is 85.4 Å². The number of nitrogens with two attached hydrogens (primary N) is 1. The number of nitrogens with one attached hydrogen (secondary N) is 1. The van der Waals surface area contributed by atoms with Crippen LogP contribution in [0.15, 0.2) is 47.4 Å². The Hall–Kier alpha value is -2.71. The van der Waals surface area contributed by atoms with Crippen LogP contribution in [0.1, 0.15) is 5.56 Å². The summed E-state index contributed by atoms with van der Waals surface area (Å²) in [5.41, 5.74) is 0.0417. The molecule has 0 unspecified atom stereocenters. The average molecular weight is 538 g/mol. The maximum Gasteiger partial charge on any atom is 0.446 e. The molecule has 16 heteroatoms. The molecule has 178 valence electrons. The van der Waals surface area contributed by atoms with E-state index in [4.69, 9.17) is 28.9 Å². The van der Waals surface area contributed by atoms with Crippen molar-refractivity contribution in [2.45, 2.75) is 16.6 Å². The van der Waals surface area contributed by atoms with Gasteiger partial charge in [0.25, 0.3) is 0 Å². The van der Waals surface area contributed by atoms with Gasteiger partial charge in [0.05, 0.1) is 20.5 Å². The number of hydrogen-bond acceptors (Lipinski definition) is 5. The van der Waals surface area contributed by atoms with E-state index in [-0.39, 0.29) is 17.2 Å². The van der Waals surface area contributed by atoms with E-state index in [2.05, 4.69) is 20.1 Å². The summed E-state index contributed by atoms with van der Waals surface area (Å²) in [4.78, 5) is 3.71. The Balaban J connectivity index is 1.88. The first kappa shape index (κ1) is 24.4. The van der Waals surface area contributed by atoms with E-state index >= 15 is 0 Å². The van der Waals surface area contributed by atoms with Gasteiger partial charge in [0.2, 0.25) is 0 Å². The normalized spacial score (nSPS) is 12.4. The largest absolute Gasteiger partial charge is 0.470 e. The van der Waals surface area contributed by atoms with Crippen molar-refractivity contribution in [2.24, 2.45) is 0 Å². The van der Waals surface area contributed by atoms with Crippen molar-refractivity contribution in [3.8, 4) is 22.7 Å². The van der Waals surface area contributed by atoms with Gasteiger partial charge in [-0.05, 0) is 23.9 Å². The maximum absolute atomic E-state index is 13.3. The van der Waals surface area contributed by atoms with Crippen molar-refractivity contribution in [2.75, 3.05) is 5.73 Å². The van der Waals surface area contributed by atoms with Crippen LogP contribution in [0.2, 0.25) is 10.0 Å². The van der Waals surface area contributed by atoms with Gasteiger partial charge in [0, 0.05) is 0 Å². The number of thioether (sulfide) groups is 1. The first-order valence-electron chi connectivity index (χ1n) is 9.15. The van der Waals surface area contributed by atoms with Crippen LogP contribution >= 0.6 is 35.0 Å². The van der Waals surface area contributed by atoms with Crippen molar-refractivity contribution in [3.05, 3.63) is 58.1 Å². The number of nitrogen functional groups attached to an aromatic ring is 1. The average Bonchev–Trinajstić information content (AvgIpc) is 3.33. The maximum atomic E-state index is 13.3. The van der Waals surface area contributed by atoms with Crippen LogP contribution in [0, 0.1) is 0 Å². The second-order valence-corrected chi connectivity index (χ2v) is 8.71. The molecule has 0 fully saturated rings. The van der Waals surface area contributed by atoms with E-state index < -0.39 is 56.4 Å². The first-order chi connectivity index (χ1) is 15.8. The Morgan fingerprint density at radius 2 is 1.62 bits per heavy atom. The zero-order valence-electron chi connectivity index (χ0n) is 16.4. The molecule has 3 N–H and O–H groups in total. The molecule has 4 rings (SSSR count). The van der Waals surface area contributed by atoms with Crippen LogP contribution in [0.3, 0.4) is 0 Å². The molecule has 2 heterocycles. The number of nitrogens with zero attached hydrogens (tertiary/aromatic N) is 4. The number of halogens is 8. The monoisotopic (exact) mass is 537 g/mol. The molecule has 0 aliphatic carbocycles. The molecule has 0 saturated carbocycles. The second-order valence-electron chi connectivity index (χ2n) is 6.82. The smallest absolute Gasteiger partial charge is 0.446 e. The molecular formula is C18H10BCl2F6N6S-. The molecule has 0 amide bonds. The molecule has 0 bridgehead atoms. The van der Waals surface area contributed by atoms with E-state index in [1.807, 2.05) is 0 Å². The van der Waals surface area contributed by atoms with Gasteiger partial charge in [-0.1, -0.05) is 53.5 Å². The summed E-state index contributed by atoms with van der Waals surface area (Å²) in [5, 5.41) is 9.66. The van der Waals surface area contributed by atoms with Crippen LogP contribution in [0.25, 0.3) is 22.7 Å². The van der Waals surface area contributed by atoms with Gasteiger partial charge >= 0.3 is 11.7 Å². The molecule has 34 heavy (non-hydrogen) atoms. The van der Waals surface area contributed by atoms with Crippen LogP contribution in [-0.2, 0) is 6.18 Å². The third kappa shape index (κ3) is 4.88. The Morgan fingerprint density at radius 1 is 1.00 bits per heavy atom. The molecule has 4 aromatic rings. The molecular weight excluding hydrogens is 528 g/mol. The Bertz CT molecular complexity index is 1330. The Morgan fingerprint density at radius 3 is 2.18 bits per heavy atom. The van der Waals surface area contributed by atoms with Crippen LogP contribution in [0.5, 0.6) is 0 Å². The fourth-order valence-electron chi connectivity index (χ4n) is 3.08. The third-order valence-electron chi connectivity index (χ3n) is 4.52. The zero-order chi connectivity index (χ0) is 24.8. The SMILES string of the molecule is Nc1c(SC(F)(F)F)c(-c2n[nH][b-](-c3ccccc3)n2)nn1-c1c(Cl)cc(C(F)(F)F)cc1Cl. The molecule has 0 aliphatic heterocycles. The minimum absolute atomic E-state index is 0.190. The highest BCUT2D eigenvalue weighted by Gasteiger charge is 2.36. The molecule has 0 spiro atoms. The number of aromatic nitrogens is 5. The molecule has 2 aromatic heterocycles. The van der Waals surface area contributed by atoms with E-state index in [0.717, 1.165) is 4.68 Å². The second kappa shape index (κ2) is 8.82. The quantitative estimate of drug-likeness (QED) is 0.239. The number of alkyl halides is 6. The summed E-state index contributed by atoms with van der Waals surface area (Å²) in [7, 11) is 0. The number of hydrogen-bond donors (Lipinski definition) is 2. The summed E-state index contributed by atoms with van der Waals surface area (Å²) >= 11 is 11.4. The van der Waals surface area contributed by atoms with Gasteiger partial charge in [-0.25, -0.2) is 9.78 Å². The third-order valence-corrected chi connectivity index (χ3v) is 5.94. The van der Waals surface area contributed by atoms with Gasteiger partial charge in [0.15, 0.2) is 0 Å². The number of aromatic amines is 1. The standard InChI is InChI=1S/C18H10BCl2F6N6S/c20-10-6-8(17(22,23)24)7-11(21)13(10)33-15(28)14(34-18(25,26)27)12(31-33)16-29-19(32-30-16)9-4-2-1-3-5-9/h1-7,32H,28H2/q-1. The molecule has 6 nitrogen and oxygen atoms in total. The lowest BCUT2D eigenvalue weighted by atomic mass is 9.80. The Labute approximate surface area is 201 Å². The van der Waals surface area contributed by atoms with E-state index in [0.29, 0.717) is 17.6 Å². The van der Waals surface area contributed by atoms with Gasteiger partial charge in [0.1, 0.15) is 29.7 Å². The van der Waals surface area contributed by atoms with Gasteiger partial charge in [-0.15, -0.1) is 0 Å². The molecule has 0 atom stereocenters. The lowest BCUT2D eigenvalue weighted by Gasteiger charge is -2.13. The zero-order valence-corrected chi connectivity index (χ0v) is 18.7. The minimum Gasteiger partial charge on any atom is -0.470 e. The fraction of sp³-hybridized carbons (Fsp3) is 0.111. The highest BCUT2D eigenvalue weighted by molar-refractivity contribution is 8.00. The van der Waals surface area contributed by atoms with Gasteiger partial charge in [-0.2, -0.15) is 36.9 Å². The van der Waals surface area contributed by atoms with Crippen LogP contribution in [0.4, 0.5) is 32.2 Å². The van der Waals surface area contributed by atoms with E-state index in [1.165, 1.54) is 0 Å². The number of rotatable bonds is 4. The van der Waals surface area contributed by atoms with E-state index in [9.17, 15) is 26.3 Å². The van der Waals surface area contributed by atoms with Crippen molar-refractivity contribution >= 4 is 47.4 Å². The first-order valence-corrected chi connectivity index (χ1v) is 10.7. The summed E-state index contributed by atoms with van der Waals surface area (Å²) in [6.45, 7) is -0.690. The van der Waals surface area contributed by atoms with E-state index in [1.54, 1.807) is 30.3 Å². The molecule has 0 aliphatic rings. The highest BCUT2D eigenvalue weighted by atomic mass is 35.5. The molecule has 0 radical (unpaired) electrons. The lowest BCUT2D eigenvalue weighted by molar-refractivity contribution is -0.137. The minimum atomic E-state index is -4.77. The highest BCUT2D eigenvalue weighted by Crippen LogP contribution is 2.46. The van der Waals surface area contributed by atoms with Gasteiger partial charge in [-0.3, -0.25) is 0 Å². The van der Waals surface area contributed by atoms with Crippen molar-refractivity contribution in [1.29, 1.82) is 0 Å². The summed E-state index contributed by atoms with van der Waals surface area (Å²) in [5.74, 6) is -0.743. The number of H-pyrrole nitrogens is 1. The molecule has 0 saturated heterocycles. The molecule has 2 aromatic carbocycles. The predicted molar refractivity (Wildman–Crippen MR) is 118 cm³/mol. The lowest BCUT2D eigenvalue weighted by Crippen LogP contribution is -2.09. The van der Waals surface area contributed by atoms with Crippen molar-refractivity contribution < 1.29 is 26.3 Å². The summed E-state index contributed by atoms with van der Waals surface area (Å²) in [6.07, 6.45) is -4.75. The summed E-state index contributed by atoms with van der Waals surface area (Å²) in [6, 6.07) is 9.89. The Kier molecular flexibility index (Phi) is 6.33. The predicted octanol–water partition coefficient (Wildman–Crippen LogP) is 6.19.